The summed E-state index contributed by atoms with van der Waals surface area (Å²) in [7, 11) is 1.93. The summed E-state index contributed by atoms with van der Waals surface area (Å²) < 4.78 is 5.86. The van der Waals surface area contributed by atoms with E-state index >= 15 is 0 Å². The van der Waals surface area contributed by atoms with Crippen LogP contribution in [0.15, 0.2) is 30.3 Å². The first kappa shape index (κ1) is 19.2. The summed E-state index contributed by atoms with van der Waals surface area (Å²) in [5, 5.41) is 3.08. The third-order valence-electron chi connectivity index (χ3n) is 5.81. The highest BCUT2D eigenvalue weighted by Gasteiger charge is 2.26. The molecule has 0 spiro atoms. The van der Waals surface area contributed by atoms with Gasteiger partial charge in [-0.25, -0.2) is 4.79 Å². The van der Waals surface area contributed by atoms with Gasteiger partial charge in [-0.2, -0.15) is 0 Å². The zero-order valence-electron chi connectivity index (χ0n) is 16.2. The van der Waals surface area contributed by atoms with Crippen molar-refractivity contribution in [3.05, 3.63) is 35.9 Å². The van der Waals surface area contributed by atoms with Crippen LogP contribution in [0.5, 0.6) is 0 Å². The second-order valence-electron chi connectivity index (χ2n) is 7.92. The number of carbonyl (C=O) groups excluding carboxylic acids is 1. The topological polar surface area (TPSA) is 44.8 Å². The predicted octanol–water partition coefficient (Wildman–Crippen LogP) is 3.11. The van der Waals surface area contributed by atoms with Crippen LogP contribution in [0.1, 0.15) is 38.2 Å². The Morgan fingerprint density at radius 3 is 2.69 bits per heavy atom. The summed E-state index contributed by atoms with van der Waals surface area (Å²) in [6, 6.07) is 10.9. The summed E-state index contributed by atoms with van der Waals surface area (Å²) in [6.07, 6.45) is 4.76. The Hall–Kier alpha value is -1.59. The average molecular weight is 360 g/mol. The van der Waals surface area contributed by atoms with Gasteiger partial charge in [-0.15, -0.1) is 0 Å². The van der Waals surface area contributed by atoms with Gasteiger partial charge in [0.1, 0.15) is 0 Å². The largest absolute Gasteiger partial charge is 0.374 e. The van der Waals surface area contributed by atoms with Crippen LogP contribution in [0.25, 0.3) is 0 Å². The minimum atomic E-state index is 0.0355. The van der Waals surface area contributed by atoms with Crippen molar-refractivity contribution in [2.75, 3.05) is 33.3 Å². The van der Waals surface area contributed by atoms with Gasteiger partial charge in [0, 0.05) is 39.3 Å². The Labute approximate surface area is 157 Å². The number of carbonyl (C=O) groups is 1. The van der Waals surface area contributed by atoms with E-state index in [1.807, 2.05) is 18.0 Å². The summed E-state index contributed by atoms with van der Waals surface area (Å²) in [5.41, 5.74) is 1.32. The zero-order chi connectivity index (χ0) is 18.4. The summed E-state index contributed by atoms with van der Waals surface area (Å²) in [4.78, 5) is 16.8. The molecule has 1 N–H and O–H groups in total. The highest BCUT2D eigenvalue weighted by molar-refractivity contribution is 5.74. The van der Waals surface area contributed by atoms with Crippen LogP contribution in [0.3, 0.4) is 0 Å². The number of benzene rings is 1. The van der Waals surface area contributed by atoms with Gasteiger partial charge in [0.15, 0.2) is 0 Å². The van der Waals surface area contributed by atoms with Crippen LogP contribution in [0.2, 0.25) is 0 Å². The molecule has 0 radical (unpaired) electrons. The number of amides is 2. The van der Waals surface area contributed by atoms with Crippen molar-refractivity contribution in [2.45, 2.75) is 51.3 Å². The highest BCUT2D eigenvalue weighted by Crippen LogP contribution is 2.26. The molecule has 144 valence electrons. The number of hydrogen-bond donors (Lipinski definition) is 1. The Balaban J connectivity index is 1.41. The molecule has 1 saturated heterocycles. The molecule has 26 heavy (non-hydrogen) atoms. The number of hydrogen-bond acceptors (Lipinski definition) is 3. The van der Waals surface area contributed by atoms with Crippen molar-refractivity contribution >= 4 is 6.03 Å². The lowest BCUT2D eigenvalue weighted by molar-refractivity contribution is -0.0292. The van der Waals surface area contributed by atoms with Crippen molar-refractivity contribution < 1.29 is 9.53 Å². The molecule has 1 unspecified atom stereocenters. The predicted molar refractivity (Wildman–Crippen MR) is 104 cm³/mol. The maximum atomic E-state index is 12.5. The monoisotopic (exact) mass is 359 g/mol. The van der Waals surface area contributed by atoms with Gasteiger partial charge < -0.3 is 15.0 Å². The van der Waals surface area contributed by atoms with E-state index < -0.39 is 0 Å². The number of ether oxygens (including phenoxy) is 1. The van der Waals surface area contributed by atoms with E-state index in [0.29, 0.717) is 12.6 Å². The molecule has 5 nitrogen and oxygen atoms in total. The minimum absolute atomic E-state index is 0.0355. The van der Waals surface area contributed by atoms with Crippen LogP contribution in [0.4, 0.5) is 4.79 Å². The third kappa shape index (κ3) is 5.45. The first-order valence-corrected chi connectivity index (χ1v) is 10.0. The van der Waals surface area contributed by atoms with E-state index in [1.54, 1.807) is 0 Å². The van der Waals surface area contributed by atoms with Gasteiger partial charge in [0.25, 0.3) is 0 Å². The molecule has 3 rings (SSSR count). The van der Waals surface area contributed by atoms with E-state index in [2.05, 4.69) is 41.4 Å². The summed E-state index contributed by atoms with van der Waals surface area (Å²) in [5.74, 6) is 0.800. The quantitative estimate of drug-likeness (QED) is 0.879. The van der Waals surface area contributed by atoms with E-state index in [0.717, 1.165) is 45.0 Å². The number of urea groups is 1. The lowest BCUT2D eigenvalue weighted by atomic mass is 9.87. The molecular weight excluding hydrogens is 326 g/mol. The Morgan fingerprint density at radius 1 is 1.23 bits per heavy atom. The fourth-order valence-corrected chi connectivity index (χ4v) is 4.01. The molecular formula is C21H33N3O2. The van der Waals surface area contributed by atoms with E-state index in [4.69, 9.17) is 4.74 Å². The van der Waals surface area contributed by atoms with Crippen molar-refractivity contribution in [3.63, 3.8) is 0 Å². The molecule has 2 aliphatic rings. The number of rotatable bonds is 5. The van der Waals surface area contributed by atoms with E-state index in [1.165, 1.54) is 18.4 Å². The molecule has 2 amide bonds. The molecule has 1 aromatic carbocycles. The summed E-state index contributed by atoms with van der Waals surface area (Å²) >= 11 is 0. The van der Waals surface area contributed by atoms with Crippen LogP contribution >= 0.6 is 0 Å². The molecule has 0 bridgehead atoms. The standard InChI is InChI=1S/C21H33N3O2/c1-17-8-10-19(11-9-17)23(2)21(25)22-14-20-16-24(12-13-26-20)15-18-6-4-3-5-7-18/h3-7,17,19-20H,8-16H2,1-2H3,(H,22,25). The van der Waals surface area contributed by atoms with Crippen LogP contribution in [-0.2, 0) is 11.3 Å². The second-order valence-corrected chi connectivity index (χ2v) is 7.92. The van der Waals surface area contributed by atoms with Crippen molar-refractivity contribution in [1.82, 2.24) is 15.1 Å². The fourth-order valence-electron chi connectivity index (χ4n) is 4.01. The first-order valence-electron chi connectivity index (χ1n) is 10.0. The minimum Gasteiger partial charge on any atom is -0.374 e. The van der Waals surface area contributed by atoms with Gasteiger partial charge >= 0.3 is 6.03 Å². The smallest absolute Gasteiger partial charge is 0.317 e. The first-order chi connectivity index (χ1) is 12.6. The molecule has 5 heteroatoms. The van der Waals surface area contributed by atoms with Gasteiger partial charge in [0.2, 0.25) is 0 Å². The normalized spacial score (nSPS) is 27.1. The van der Waals surface area contributed by atoms with Crippen LogP contribution in [0, 0.1) is 5.92 Å². The fraction of sp³-hybridized carbons (Fsp3) is 0.667. The summed E-state index contributed by atoms with van der Waals surface area (Å²) in [6.45, 7) is 6.35. The number of nitrogens with one attached hydrogen (secondary N) is 1. The molecule has 2 fully saturated rings. The molecule has 1 atom stereocenters. The zero-order valence-corrected chi connectivity index (χ0v) is 16.2. The van der Waals surface area contributed by atoms with Crippen molar-refractivity contribution in [1.29, 1.82) is 0 Å². The molecule has 1 aliphatic carbocycles. The molecule has 1 aliphatic heterocycles. The SMILES string of the molecule is CC1CCC(N(C)C(=O)NCC2CN(Cc3ccccc3)CCO2)CC1. The Kier molecular flexibility index (Phi) is 6.92. The third-order valence-corrected chi connectivity index (χ3v) is 5.81. The van der Waals surface area contributed by atoms with Gasteiger partial charge in [-0.3, -0.25) is 4.90 Å². The van der Waals surface area contributed by atoms with Crippen LogP contribution in [-0.4, -0.2) is 61.3 Å². The lowest BCUT2D eigenvalue weighted by Gasteiger charge is -2.35. The maximum Gasteiger partial charge on any atom is 0.317 e. The highest BCUT2D eigenvalue weighted by atomic mass is 16.5. The van der Waals surface area contributed by atoms with Crippen LogP contribution < -0.4 is 5.32 Å². The van der Waals surface area contributed by atoms with Gasteiger partial charge in [-0.05, 0) is 37.2 Å². The number of nitrogens with zero attached hydrogens (tertiary/aromatic N) is 2. The Bertz CT molecular complexity index is 558. The molecule has 0 aromatic heterocycles. The van der Waals surface area contributed by atoms with E-state index in [-0.39, 0.29) is 12.1 Å². The molecule has 1 heterocycles. The molecule has 1 saturated carbocycles. The number of morpholine rings is 1. The second kappa shape index (κ2) is 9.38. The van der Waals surface area contributed by atoms with E-state index in [9.17, 15) is 4.79 Å². The Morgan fingerprint density at radius 2 is 1.96 bits per heavy atom. The van der Waals surface area contributed by atoms with Crippen molar-refractivity contribution in [3.8, 4) is 0 Å². The van der Waals surface area contributed by atoms with Crippen molar-refractivity contribution in [2.24, 2.45) is 5.92 Å². The van der Waals surface area contributed by atoms with Gasteiger partial charge in [0.05, 0.1) is 12.7 Å². The lowest BCUT2D eigenvalue weighted by Crippen LogP contribution is -2.50. The molecule has 1 aromatic rings. The average Bonchev–Trinajstić information content (AvgIpc) is 2.67. The maximum absolute atomic E-state index is 12.5. The van der Waals surface area contributed by atoms with Gasteiger partial charge in [-0.1, -0.05) is 37.3 Å².